The number of rotatable bonds is 2. The van der Waals surface area contributed by atoms with Gasteiger partial charge in [-0.2, -0.15) is 0 Å². The molecule has 0 saturated heterocycles. The Morgan fingerprint density at radius 3 is 2.38 bits per heavy atom. The third-order valence-electron chi connectivity index (χ3n) is 0.793. The molecule has 0 unspecified atom stereocenters. The molecule has 0 saturated carbocycles. The summed E-state index contributed by atoms with van der Waals surface area (Å²) in [7, 11) is 0. The van der Waals surface area contributed by atoms with Crippen molar-refractivity contribution in [3.63, 3.8) is 0 Å². The van der Waals surface area contributed by atoms with E-state index in [-0.39, 0.29) is 5.71 Å². The number of carbonyl (C=O) groups is 1. The molecular formula is C5H8N2O. The van der Waals surface area contributed by atoms with Gasteiger partial charge in [0.2, 0.25) is 0 Å². The maximum atomic E-state index is 9.78. The van der Waals surface area contributed by atoms with E-state index in [0.29, 0.717) is 11.9 Å². The number of hydrogen-bond acceptors (Lipinski definition) is 3. The van der Waals surface area contributed by atoms with Crippen molar-refractivity contribution in [1.82, 2.24) is 0 Å². The number of hydrogen-bond donors (Lipinski definition) is 2. The minimum atomic E-state index is -0.0625. The van der Waals surface area contributed by atoms with E-state index in [2.05, 4.69) is 0 Å². The SMILES string of the molecule is C/C(=C/N)C(=N)C=O. The first-order valence-electron chi connectivity index (χ1n) is 2.15. The summed E-state index contributed by atoms with van der Waals surface area (Å²) in [5, 5.41) is 6.83. The van der Waals surface area contributed by atoms with Crippen LogP contribution < -0.4 is 5.73 Å². The Kier molecular flexibility index (Phi) is 2.54. The van der Waals surface area contributed by atoms with Gasteiger partial charge in [-0.15, -0.1) is 0 Å². The predicted octanol–water partition coefficient (Wildman–Crippen LogP) is 0.0676. The molecule has 0 aliphatic heterocycles. The molecule has 0 aromatic heterocycles. The number of nitrogens with two attached hydrogens (primary N) is 1. The van der Waals surface area contributed by atoms with Gasteiger partial charge >= 0.3 is 0 Å². The van der Waals surface area contributed by atoms with Crippen LogP contribution in [0.5, 0.6) is 0 Å². The monoisotopic (exact) mass is 112 g/mol. The van der Waals surface area contributed by atoms with Gasteiger partial charge in [0, 0.05) is 0 Å². The van der Waals surface area contributed by atoms with Crippen LogP contribution in [0, 0.1) is 5.41 Å². The summed E-state index contributed by atoms with van der Waals surface area (Å²) in [5.41, 5.74) is 5.42. The Morgan fingerprint density at radius 2 is 2.25 bits per heavy atom. The summed E-state index contributed by atoms with van der Waals surface area (Å²) < 4.78 is 0. The smallest absolute Gasteiger partial charge is 0.168 e. The zero-order valence-electron chi connectivity index (χ0n) is 4.64. The van der Waals surface area contributed by atoms with E-state index in [0.717, 1.165) is 0 Å². The van der Waals surface area contributed by atoms with Crippen molar-refractivity contribution in [3.05, 3.63) is 11.8 Å². The van der Waals surface area contributed by atoms with Gasteiger partial charge in [-0.3, -0.25) is 10.2 Å². The number of carbonyl (C=O) groups excluding carboxylic acids is 1. The summed E-state index contributed by atoms with van der Waals surface area (Å²) >= 11 is 0. The van der Waals surface area contributed by atoms with Crippen molar-refractivity contribution >= 4 is 12.0 Å². The van der Waals surface area contributed by atoms with E-state index in [4.69, 9.17) is 11.1 Å². The van der Waals surface area contributed by atoms with Gasteiger partial charge < -0.3 is 5.73 Å². The first-order chi connectivity index (χ1) is 3.72. The summed E-state index contributed by atoms with van der Waals surface area (Å²) in [6.45, 7) is 1.61. The second-order valence-electron chi connectivity index (χ2n) is 1.38. The van der Waals surface area contributed by atoms with Crippen LogP contribution in [0.15, 0.2) is 11.8 Å². The largest absolute Gasteiger partial charge is 0.404 e. The lowest BCUT2D eigenvalue weighted by atomic mass is 10.2. The molecule has 0 fully saturated rings. The van der Waals surface area contributed by atoms with Gasteiger partial charge in [-0.05, 0) is 18.7 Å². The van der Waals surface area contributed by atoms with Crippen molar-refractivity contribution < 1.29 is 4.79 Å². The van der Waals surface area contributed by atoms with E-state index < -0.39 is 0 Å². The predicted molar refractivity (Wildman–Crippen MR) is 31.7 cm³/mol. The Morgan fingerprint density at radius 1 is 1.75 bits per heavy atom. The molecule has 3 heteroatoms. The fourth-order valence-electron chi connectivity index (χ4n) is 0.183. The van der Waals surface area contributed by atoms with E-state index in [1.165, 1.54) is 6.20 Å². The molecule has 3 nitrogen and oxygen atoms in total. The second kappa shape index (κ2) is 2.96. The Bertz CT molecular complexity index is 137. The van der Waals surface area contributed by atoms with E-state index in [1.807, 2.05) is 0 Å². The van der Waals surface area contributed by atoms with Crippen LogP contribution in [-0.2, 0) is 4.79 Å². The van der Waals surface area contributed by atoms with Crippen LogP contribution in [-0.4, -0.2) is 12.0 Å². The average molecular weight is 112 g/mol. The topological polar surface area (TPSA) is 66.9 Å². The Hall–Kier alpha value is -1.12. The van der Waals surface area contributed by atoms with Crippen LogP contribution >= 0.6 is 0 Å². The maximum absolute atomic E-state index is 9.78. The van der Waals surface area contributed by atoms with Crippen molar-refractivity contribution in [2.75, 3.05) is 0 Å². The van der Waals surface area contributed by atoms with Gasteiger partial charge in [-0.25, -0.2) is 0 Å². The van der Waals surface area contributed by atoms with Gasteiger partial charge in [0.25, 0.3) is 0 Å². The molecular weight excluding hydrogens is 104 g/mol. The van der Waals surface area contributed by atoms with Crippen LogP contribution in [0.4, 0.5) is 0 Å². The van der Waals surface area contributed by atoms with Crippen LogP contribution in [0.25, 0.3) is 0 Å². The molecule has 0 rings (SSSR count). The first kappa shape index (κ1) is 6.88. The summed E-state index contributed by atoms with van der Waals surface area (Å²) in [5.74, 6) is 0. The van der Waals surface area contributed by atoms with E-state index >= 15 is 0 Å². The maximum Gasteiger partial charge on any atom is 0.168 e. The minimum Gasteiger partial charge on any atom is -0.404 e. The Balaban J connectivity index is 4.03. The molecule has 44 valence electrons. The van der Waals surface area contributed by atoms with Crippen molar-refractivity contribution in [2.24, 2.45) is 5.73 Å². The van der Waals surface area contributed by atoms with Gasteiger partial charge in [-0.1, -0.05) is 0 Å². The zero-order valence-corrected chi connectivity index (χ0v) is 4.64. The third kappa shape index (κ3) is 1.55. The highest BCUT2D eigenvalue weighted by atomic mass is 16.1. The Labute approximate surface area is 47.7 Å². The van der Waals surface area contributed by atoms with Gasteiger partial charge in [0.05, 0.1) is 5.71 Å². The molecule has 0 aliphatic carbocycles. The lowest BCUT2D eigenvalue weighted by Gasteiger charge is -1.88. The quantitative estimate of drug-likeness (QED) is 0.392. The molecule has 0 aromatic rings. The molecule has 0 radical (unpaired) electrons. The first-order valence-corrected chi connectivity index (χ1v) is 2.15. The molecule has 8 heavy (non-hydrogen) atoms. The lowest BCUT2D eigenvalue weighted by Crippen LogP contribution is -2.00. The van der Waals surface area contributed by atoms with Gasteiger partial charge in [0.1, 0.15) is 0 Å². The van der Waals surface area contributed by atoms with Gasteiger partial charge in [0.15, 0.2) is 6.29 Å². The fourth-order valence-corrected chi connectivity index (χ4v) is 0.183. The number of allylic oxidation sites excluding steroid dienone is 1. The minimum absolute atomic E-state index is 0.0625. The highest BCUT2D eigenvalue weighted by molar-refractivity contribution is 6.34. The molecule has 0 aliphatic rings. The standard InChI is InChI=1S/C5H8N2O/c1-4(2-6)5(7)3-8/h2-3,7H,6H2,1H3/b4-2-,7-5?. The summed E-state index contributed by atoms with van der Waals surface area (Å²) in [6.07, 6.45) is 1.69. The van der Waals surface area contributed by atoms with Crippen LogP contribution in [0.2, 0.25) is 0 Å². The van der Waals surface area contributed by atoms with Crippen molar-refractivity contribution in [2.45, 2.75) is 6.92 Å². The number of nitrogens with one attached hydrogen (secondary N) is 1. The molecule has 0 spiro atoms. The highest BCUT2D eigenvalue weighted by Crippen LogP contribution is 1.86. The molecule has 0 amide bonds. The fraction of sp³-hybridized carbons (Fsp3) is 0.200. The summed E-state index contributed by atoms with van der Waals surface area (Å²) in [4.78, 5) is 9.78. The van der Waals surface area contributed by atoms with Crippen LogP contribution in [0.1, 0.15) is 6.92 Å². The normalized spacial score (nSPS) is 10.9. The van der Waals surface area contributed by atoms with E-state index in [1.54, 1.807) is 6.92 Å². The summed E-state index contributed by atoms with van der Waals surface area (Å²) in [6, 6.07) is 0. The molecule has 0 bridgehead atoms. The molecule has 3 N–H and O–H groups in total. The second-order valence-corrected chi connectivity index (χ2v) is 1.38. The van der Waals surface area contributed by atoms with E-state index in [9.17, 15) is 4.79 Å². The molecule has 0 aromatic carbocycles. The number of aldehydes is 1. The van der Waals surface area contributed by atoms with Crippen molar-refractivity contribution in [3.8, 4) is 0 Å². The average Bonchev–Trinajstić information content (AvgIpc) is 1.84. The zero-order chi connectivity index (χ0) is 6.57. The van der Waals surface area contributed by atoms with Crippen molar-refractivity contribution in [1.29, 1.82) is 5.41 Å². The molecule has 0 heterocycles. The van der Waals surface area contributed by atoms with Crippen LogP contribution in [0.3, 0.4) is 0 Å². The highest BCUT2D eigenvalue weighted by Gasteiger charge is 1.92. The third-order valence-corrected chi connectivity index (χ3v) is 0.793. The lowest BCUT2D eigenvalue weighted by molar-refractivity contribution is -0.102. The molecule has 0 atom stereocenters.